The minimum absolute atomic E-state index is 0.0330. The Hall–Kier alpha value is -2.34. The maximum Gasteiger partial charge on any atom is 0.220 e. The molecule has 0 fully saturated rings. The Morgan fingerprint density at radius 2 is 1.83 bits per heavy atom. The third-order valence-corrected chi connectivity index (χ3v) is 3.39. The molecule has 2 rings (SSSR count). The van der Waals surface area contributed by atoms with E-state index in [9.17, 15) is 23.1 Å². The molecule has 6 heteroatoms. The summed E-state index contributed by atoms with van der Waals surface area (Å²) in [6, 6.07) is 8.76. The van der Waals surface area contributed by atoms with Gasteiger partial charge in [0.2, 0.25) is 5.91 Å². The SMILES string of the molecule is O=C(CCc1cc(F)ccc1F)NCC(O)c1ccccc1F. The largest absolute Gasteiger partial charge is 0.386 e. The van der Waals surface area contributed by atoms with Crippen LogP contribution in [0.3, 0.4) is 0 Å². The van der Waals surface area contributed by atoms with Crippen molar-refractivity contribution in [2.24, 2.45) is 0 Å². The van der Waals surface area contributed by atoms with Gasteiger partial charge in [0, 0.05) is 18.5 Å². The fourth-order valence-electron chi connectivity index (χ4n) is 2.14. The summed E-state index contributed by atoms with van der Waals surface area (Å²) in [4.78, 5) is 11.7. The van der Waals surface area contributed by atoms with Crippen LogP contribution in [0, 0.1) is 17.5 Å². The van der Waals surface area contributed by atoms with Crippen LogP contribution in [0.4, 0.5) is 13.2 Å². The molecule has 1 atom stereocenters. The number of hydrogen-bond acceptors (Lipinski definition) is 2. The lowest BCUT2D eigenvalue weighted by molar-refractivity contribution is -0.121. The molecule has 0 aromatic heterocycles. The van der Waals surface area contributed by atoms with E-state index in [-0.39, 0.29) is 30.5 Å². The number of aliphatic hydroxyl groups excluding tert-OH is 1. The van der Waals surface area contributed by atoms with Crippen molar-refractivity contribution in [3.8, 4) is 0 Å². The molecule has 0 heterocycles. The van der Waals surface area contributed by atoms with Gasteiger partial charge in [0.15, 0.2) is 0 Å². The van der Waals surface area contributed by atoms with Gasteiger partial charge in [0.1, 0.15) is 17.5 Å². The first kappa shape index (κ1) is 17.0. The minimum Gasteiger partial charge on any atom is -0.386 e. The van der Waals surface area contributed by atoms with Crippen LogP contribution in [-0.4, -0.2) is 17.6 Å². The van der Waals surface area contributed by atoms with E-state index in [0.717, 1.165) is 18.2 Å². The van der Waals surface area contributed by atoms with Crippen molar-refractivity contribution in [1.29, 1.82) is 0 Å². The van der Waals surface area contributed by atoms with Crippen molar-refractivity contribution >= 4 is 5.91 Å². The van der Waals surface area contributed by atoms with E-state index in [0.29, 0.717) is 0 Å². The maximum absolute atomic E-state index is 13.5. The van der Waals surface area contributed by atoms with Gasteiger partial charge in [-0.05, 0) is 36.2 Å². The highest BCUT2D eigenvalue weighted by Crippen LogP contribution is 2.16. The van der Waals surface area contributed by atoms with Crippen molar-refractivity contribution in [3.63, 3.8) is 0 Å². The number of rotatable bonds is 6. The zero-order valence-electron chi connectivity index (χ0n) is 12.2. The maximum atomic E-state index is 13.5. The van der Waals surface area contributed by atoms with E-state index in [1.165, 1.54) is 18.2 Å². The second-order valence-electron chi connectivity index (χ2n) is 5.08. The predicted molar refractivity (Wildman–Crippen MR) is 79.0 cm³/mol. The normalized spacial score (nSPS) is 12.0. The van der Waals surface area contributed by atoms with E-state index in [2.05, 4.69) is 5.32 Å². The summed E-state index contributed by atoms with van der Waals surface area (Å²) < 4.78 is 39.9. The lowest BCUT2D eigenvalue weighted by Gasteiger charge is -2.13. The number of benzene rings is 2. The topological polar surface area (TPSA) is 49.3 Å². The van der Waals surface area contributed by atoms with Crippen LogP contribution < -0.4 is 5.32 Å². The molecule has 0 bridgehead atoms. The van der Waals surface area contributed by atoms with Gasteiger partial charge in [-0.3, -0.25) is 4.79 Å². The Morgan fingerprint density at radius 3 is 2.57 bits per heavy atom. The molecular weight excluding hydrogens is 307 g/mol. The zero-order chi connectivity index (χ0) is 16.8. The molecular formula is C17H16F3NO2. The molecule has 0 aliphatic heterocycles. The molecule has 2 aromatic rings. The molecule has 2 N–H and O–H groups in total. The molecule has 0 saturated heterocycles. The standard InChI is InChI=1S/C17H16F3NO2/c18-12-6-7-14(19)11(9-12)5-8-17(23)21-10-16(22)13-3-1-2-4-15(13)20/h1-4,6-7,9,16,22H,5,8,10H2,(H,21,23). The molecule has 0 spiro atoms. The lowest BCUT2D eigenvalue weighted by Crippen LogP contribution is -2.28. The molecule has 23 heavy (non-hydrogen) atoms. The summed E-state index contributed by atoms with van der Waals surface area (Å²) in [6.45, 7) is -0.161. The molecule has 122 valence electrons. The third-order valence-electron chi connectivity index (χ3n) is 3.39. The summed E-state index contributed by atoms with van der Waals surface area (Å²) in [7, 11) is 0. The number of halogens is 3. The number of nitrogens with one attached hydrogen (secondary N) is 1. The average Bonchev–Trinajstić information content (AvgIpc) is 2.54. The van der Waals surface area contributed by atoms with E-state index >= 15 is 0 Å². The van der Waals surface area contributed by atoms with Gasteiger partial charge in [0.25, 0.3) is 0 Å². The van der Waals surface area contributed by atoms with Crippen molar-refractivity contribution in [1.82, 2.24) is 5.32 Å². The van der Waals surface area contributed by atoms with Gasteiger partial charge in [0.05, 0.1) is 6.10 Å². The Morgan fingerprint density at radius 1 is 1.09 bits per heavy atom. The number of aliphatic hydroxyl groups is 1. The first-order valence-electron chi connectivity index (χ1n) is 7.10. The van der Waals surface area contributed by atoms with Gasteiger partial charge < -0.3 is 10.4 Å². The molecule has 0 aliphatic carbocycles. The summed E-state index contributed by atoms with van der Waals surface area (Å²) in [6.07, 6.45) is -1.21. The number of carbonyl (C=O) groups is 1. The molecule has 0 saturated carbocycles. The second kappa shape index (κ2) is 7.78. The summed E-state index contributed by atoms with van der Waals surface area (Å²) in [5, 5.41) is 12.3. The molecule has 2 aromatic carbocycles. The van der Waals surface area contributed by atoms with E-state index in [4.69, 9.17) is 0 Å². The number of hydrogen-bond donors (Lipinski definition) is 2. The summed E-state index contributed by atoms with van der Waals surface area (Å²) >= 11 is 0. The van der Waals surface area contributed by atoms with Gasteiger partial charge in [-0.25, -0.2) is 13.2 Å². The fraction of sp³-hybridized carbons (Fsp3) is 0.235. The zero-order valence-corrected chi connectivity index (χ0v) is 12.2. The predicted octanol–water partition coefficient (Wildman–Crippen LogP) is 2.89. The number of aryl methyl sites for hydroxylation is 1. The molecule has 0 radical (unpaired) electrons. The van der Waals surface area contributed by atoms with Crippen molar-refractivity contribution in [3.05, 3.63) is 71.0 Å². The monoisotopic (exact) mass is 323 g/mol. The second-order valence-corrected chi connectivity index (χ2v) is 5.08. The molecule has 1 amide bonds. The third kappa shape index (κ3) is 4.82. The first-order chi connectivity index (χ1) is 11.0. The van der Waals surface area contributed by atoms with Crippen LogP contribution in [0.25, 0.3) is 0 Å². The van der Waals surface area contributed by atoms with Crippen LogP contribution in [-0.2, 0) is 11.2 Å². The Labute approximate surface area is 131 Å². The van der Waals surface area contributed by atoms with E-state index in [1.54, 1.807) is 6.07 Å². The van der Waals surface area contributed by atoms with Crippen LogP contribution in [0.2, 0.25) is 0 Å². The van der Waals surface area contributed by atoms with Crippen molar-refractivity contribution < 1.29 is 23.1 Å². The summed E-state index contributed by atoms with van der Waals surface area (Å²) in [5.74, 6) is -2.15. The molecule has 3 nitrogen and oxygen atoms in total. The fourth-order valence-corrected chi connectivity index (χ4v) is 2.14. The Bertz CT molecular complexity index is 691. The van der Waals surface area contributed by atoms with Crippen molar-refractivity contribution in [2.45, 2.75) is 18.9 Å². The number of carbonyl (C=O) groups excluding carboxylic acids is 1. The highest BCUT2D eigenvalue weighted by molar-refractivity contribution is 5.76. The van der Waals surface area contributed by atoms with Gasteiger partial charge in [-0.15, -0.1) is 0 Å². The van der Waals surface area contributed by atoms with Crippen LogP contribution >= 0.6 is 0 Å². The van der Waals surface area contributed by atoms with E-state index < -0.39 is 29.5 Å². The van der Waals surface area contributed by atoms with Gasteiger partial charge in [-0.2, -0.15) is 0 Å². The smallest absolute Gasteiger partial charge is 0.220 e. The van der Waals surface area contributed by atoms with E-state index in [1.807, 2.05) is 0 Å². The average molecular weight is 323 g/mol. The van der Waals surface area contributed by atoms with Crippen LogP contribution in [0.15, 0.2) is 42.5 Å². The van der Waals surface area contributed by atoms with Crippen LogP contribution in [0.5, 0.6) is 0 Å². The van der Waals surface area contributed by atoms with Crippen molar-refractivity contribution in [2.75, 3.05) is 6.54 Å². The summed E-state index contributed by atoms with van der Waals surface area (Å²) in [5.41, 5.74) is 0.193. The Balaban J connectivity index is 1.83. The van der Waals surface area contributed by atoms with Gasteiger partial charge >= 0.3 is 0 Å². The quantitative estimate of drug-likeness (QED) is 0.859. The highest BCUT2D eigenvalue weighted by Gasteiger charge is 2.14. The Kier molecular flexibility index (Phi) is 5.76. The van der Waals surface area contributed by atoms with Crippen LogP contribution in [0.1, 0.15) is 23.7 Å². The molecule has 0 aliphatic rings. The first-order valence-corrected chi connectivity index (χ1v) is 7.10. The number of amides is 1. The van der Waals surface area contributed by atoms with Gasteiger partial charge in [-0.1, -0.05) is 18.2 Å². The molecule has 1 unspecified atom stereocenters. The highest BCUT2D eigenvalue weighted by atomic mass is 19.1. The minimum atomic E-state index is -1.17. The lowest BCUT2D eigenvalue weighted by atomic mass is 10.1.